The first-order chi connectivity index (χ1) is 13.3. The van der Waals surface area contributed by atoms with Crippen molar-refractivity contribution in [1.82, 2.24) is 9.88 Å². The molecule has 1 unspecified atom stereocenters. The topological polar surface area (TPSA) is 74.7 Å². The van der Waals surface area contributed by atoms with E-state index >= 15 is 0 Å². The van der Waals surface area contributed by atoms with Gasteiger partial charge in [-0.3, -0.25) is 9.69 Å². The Bertz CT molecular complexity index is 823. The maximum Gasteiger partial charge on any atom is 0.240 e. The van der Waals surface area contributed by atoms with E-state index in [1.54, 1.807) is 6.20 Å². The van der Waals surface area contributed by atoms with Gasteiger partial charge in [0.15, 0.2) is 5.13 Å². The molecule has 1 aromatic carbocycles. The van der Waals surface area contributed by atoms with Crippen LogP contribution < -0.4 is 10.1 Å². The number of anilines is 1. The number of hydrogen-bond donors (Lipinski definition) is 2. The van der Waals surface area contributed by atoms with Crippen molar-refractivity contribution in [3.05, 3.63) is 40.4 Å². The van der Waals surface area contributed by atoms with Gasteiger partial charge in [-0.05, 0) is 69.8 Å². The molecule has 1 aliphatic rings. The smallest absolute Gasteiger partial charge is 0.240 e. The third-order valence-corrected chi connectivity index (χ3v) is 6.06. The van der Waals surface area contributed by atoms with E-state index in [-0.39, 0.29) is 12.5 Å². The maximum atomic E-state index is 12.3. The van der Waals surface area contributed by atoms with Crippen LogP contribution >= 0.6 is 11.3 Å². The largest absolute Gasteiger partial charge is 0.491 e. The number of carbonyl (C=O) groups is 1. The van der Waals surface area contributed by atoms with Crippen LogP contribution in [0.15, 0.2) is 24.4 Å². The summed E-state index contributed by atoms with van der Waals surface area (Å²) >= 11 is 1.47. The lowest BCUT2D eigenvalue weighted by atomic mass is 9.96. The van der Waals surface area contributed by atoms with Gasteiger partial charge in [-0.15, -0.1) is 11.3 Å². The van der Waals surface area contributed by atoms with E-state index in [0.29, 0.717) is 31.1 Å². The summed E-state index contributed by atoms with van der Waals surface area (Å²) in [5, 5.41) is 14.4. The number of thiazole rings is 1. The molecule has 2 aromatic rings. The number of aliphatic hydroxyl groups is 1. The van der Waals surface area contributed by atoms with E-state index in [1.165, 1.54) is 22.5 Å². The first-order valence-electron chi connectivity index (χ1n) is 9.70. The van der Waals surface area contributed by atoms with Gasteiger partial charge in [-0.25, -0.2) is 4.98 Å². The van der Waals surface area contributed by atoms with Crippen molar-refractivity contribution in [2.45, 2.75) is 45.6 Å². The van der Waals surface area contributed by atoms with Gasteiger partial charge in [-0.2, -0.15) is 0 Å². The number of benzene rings is 1. The highest BCUT2D eigenvalue weighted by atomic mass is 32.1. The highest BCUT2D eigenvalue weighted by Crippen LogP contribution is 2.25. The van der Waals surface area contributed by atoms with Gasteiger partial charge in [0.05, 0.1) is 12.1 Å². The molecule has 0 spiro atoms. The van der Waals surface area contributed by atoms with Crippen LogP contribution in [0.2, 0.25) is 0 Å². The number of rotatable bonds is 6. The molecule has 1 fully saturated rings. The molecular weight excluding hydrogens is 374 g/mol. The normalized spacial score (nSPS) is 20.6. The fourth-order valence-corrected chi connectivity index (χ4v) is 4.01. The second-order valence-corrected chi connectivity index (χ2v) is 8.95. The van der Waals surface area contributed by atoms with Crippen molar-refractivity contribution >= 4 is 22.4 Å². The van der Waals surface area contributed by atoms with E-state index < -0.39 is 5.60 Å². The Morgan fingerprint density at radius 1 is 1.29 bits per heavy atom. The van der Waals surface area contributed by atoms with Crippen LogP contribution in [0.25, 0.3) is 0 Å². The number of nitrogens with zero attached hydrogens (tertiary/aromatic N) is 2. The monoisotopic (exact) mass is 403 g/mol. The predicted molar refractivity (Wildman–Crippen MR) is 112 cm³/mol. The minimum Gasteiger partial charge on any atom is -0.491 e. The average Bonchev–Trinajstić information content (AvgIpc) is 2.95. The Labute approximate surface area is 170 Å². The van der Waals surface area contributed by atoms with E-state index in [2.05, 4.69) is 29.0 Å². The fourth-order valence-electron chi connectivity index (χ4n) is 3.33. The molecule has 1 amide bonds. The van der Waals surface area contributed by atoms with E-state index in [0.717, 1.165) is 23.6 Å². The maximum absolute atomic E-state index is 12.3. The number of aromatic nitrogens is 1. The summed E-state index contributed by atoms with van der Waals surface area (Å²) in [6.45, 7) is 8.12. The van der Waals surface area contributed by atoms with Crippen LogP contribution in [-0.4, -0.2) is 52.7 Å². The van der Waals surface area contributed by atoms with Crippen molar-refractivity contribution in [3.63, 3.8) is 0 Å². The number of amides is 1. The highest BCUT2D eigenvalue weighted by Gasteiger charge is 2.31. The minimum atomic E-state index is -0.865. The zero-order chi connectivity index (χ0) is 20.1. The second kappa shape index (κ2) is 9.03. The summed E-state index contributed by atoms with van der Waals surface area (Å²) in [7, 11) is 0. The molecule has 1 aliphatic heterocycles. The molecule has 6 nitrogen and oxygen atoms in total. The van der Waals surface area contributed by atoms with Crippen molar-refractivity contribution in [1.29, 1.82) is 0 Å². The van der Waals surface area contributed by atoms with Crippen LogP contribution in [-0.2, 0) is 4.79 Å². The molecule has 1 atom stereocenters. The van der Waals surface area contributed by atoms with E-state index in [1.807, 2.05) is 25.1 Å². The van der Waals surface area contributed by atoms with Gasteiger partial charge in [0.1, 0.15) is 12.4 Å². The standard InChI is InChI=1S/C21H29N3O3S/c1-15-5-6-18(11-16(15)2)27-14-21(26)7-4-9-24(10-8-21)13-19(25)23-20-22-12-17(3)28-20/h5-6,11-12,26H,4,7-10,13-14H2,1-3H3,(H,22,23,25). The second-order valence-electron chi connectivity index (χ2n) is 7.71. The van der Waals surface area contributed by atoms with Crippen LogP contribution in [0, 0.1) is 20.8 Å². The lowest BCUT2D eigenvalue weighted by molar-refractivity contribution is -0.117. The molecular formula is C21H29N3O3S. The highest BCUT2D eigenvalue weighted by molar-refractivity contribution is 7.15. The van der Waals surface area contributed by atoms with Crippen molar-refractivity contribution < 1.29 is 14.6 Å². The van der Waals surface area contributed by atoms with Crippen molar-refractivity contribution in [2.24, 2.45) is 0 Å². The van der Waals surface area contributed by atoms with E-state index in [4.69, 9.17) is 4.74 Å². The van der Waals surface area contributed by atoms with Crippen LogP contribution in [0.4, 0.5) is 5.13 Å². The summed E-state index contributed by atoms with van der Waals surface area (Å²) < 4.78 is 5.88. The Balaban J connectivity index is 1.48. The van der Waals surface area contributed by atoms with Gasteiger partial charge < -0.3 is 15.2 Å². The SMILES string of the molecule is Cc1cnc(NC(=O)CN2CCCC(O)(COc3ccc(C)c(C)c3)CC2)s1. The number of carbonyl (C=O) groups excluding carboxylic acids is 1. The lowest BCUT2D eigenvalue weighted by Gasteiger charge is -2.27. The molecule has 3 rings (SSSR count). The first kappa shape index (κ1) is 20.8. The molecule has 2 heterocycles. The number of aryl methyl sites for hydroxylation is 3. The van der Waals surface area contributed by atoms with Gasteiger partial charge in [0, 0.05) is 17.6 Å². The zero-order valence-corrected chi connectivity index (χ0v) is 17.6. The number of likely N-dealkylation sites (tertiary alicyclic amines) is 1. The van der Waals surface area contributed by atoms with Gasteiger partial charge in [-0.1, -0.05) is 6.07 Å². The molecule has 0 aliphatic carbocycles. The molecule has 0 saturated carbocycles. The molecule has 0 radical (unpaired) electrons. The van der Waals surface area contributed by atoms with Crippen LogP contribution in [0.5, 0.6) is 5.75 Å². The lowest BCUT2D eigenvalue weighted by Crippen LogP contribution is -2.38. The Morgan fingerprint density at radius 2 is 2.11 bits per heavy atom. The predicted octanol–water partition coefficient (Wildman–Crippen LogP) is 3.30. The third-order valence-electron chi connectivity index (χ3n) is 5.23. The molecule has 7 heteroatoms. The summed E-state index contributed by atoms with van der Waals surface area (Å²) in [4.78, 5) is 19.6. The molecule has 0 bridgehead atoms. The van der Waals surface area contributed by atoms with Crippen molar-refractivity contribution in [3.8, 4) is 5.75 Å². The Kier molecular flexibility index (Phi) is 6.69. The summed E-state index contributed by atoms with van der Waals surface area (Å²) in [5.74, 6) is 0.724. The van der Waals surface area contributed by atoms with Crippen LogP contribution in [0.1, 0.15) is 35.3 Å². The summed E-state index contributed by atoms with van der Waals surface area (Å²) in [6, 6.07) is 5.98. The number of hydrogen-bond acceptors (Lipinski definition) is 6. The Hall–Kier alpha value is -1.96. The van der Waals surface area contributed by atoms with Crippen molar-refractivity contribution in [2.75, 3.05) is 31.6 Å². The molecule has 1 saturated heterocycles. The number of ether oxygens (including phenoxy) is 1. The minimum absolute atomic E-state index is 0.0637. The first-order valence-corrected chi connectivity index (χ1v) is 10.5. The molecule has 2 N–H and O–H groups in total. The van der Waals surface area contributed by atoms with Gasteiger partial charge in [0.25, 0.3) is 0 Å². The number of nitrogens with one attached hydrogen (secondary N) is 1. The van der Waals surface area contributed by atoms with Gasteiger partial charge in [0.2, 0.25) is 5.91 Å². The summed E-state index contributed by atoms with van der Waals surface area (Å²) in [5.41, 5.74) is 1.54. The average molecular weight is 404 g/mol. The quantitative estimate of drug-likeness (QED) is 0.774. The summed E-state index contributed by atoms with van der Waals surface area (Å²) in [6.07, 6.45) is 3.83. The van der Waals surface area contributed by atoms with Crippen LogP contribution in [0.3, 0.4) is 0 Å². The molecule has 152 valence electrons. The fraction of sp³-hybridized carbons (Fsp3) is 0.524. The molecule has 1 aromatic heterocycles. The van der Waals surface area contributed by atoms with Gasteiger partial charge >= 0.3 is 0 Å². The van der Waals surface area contributed by atoms with E-state index in [9.17, 15) is 9.90 Å². The zero-order valence-electron chi connectivity index (χ0n) is 16.8. The third kappa shape index (κ3) is 5.77. The molecule has 28 heavy (non-hydrogen) atoms. The Morgan fingerprint density at radius 3 is 2.82 bits per heavy atom.